The van der Waals surface area contributed by atoms with Crippen molar-refractivity contribution in [1.82, 2.24) is 24.7 Å². The van der Waals surface area contributed by atoms with Crippen LogP contribution in [0.5, 0.6) is 0 Å². The van der Waals surface area contributed by atoms with Gasteiger partial charge in [0.1, 0.15) is 29.3 Å². The first-order valence-electron chi connectivity index (χ1n) is 8.60. The summed E-state index contributed by atoms with van der Waals surface area (Å²) in [6, 6.07) is 3.88. The lowest BCUT2D eigenvalue weighted by Gasteiger charge is -2.34. The van der Waals surface area contributed by atoms with Crippen LogP contribution in [0.4, 0.5) is 11.6 Å². The Morgan fingerprint density at radius 1 is 1.38 bits per heavy atom. The van der Waals surface area contributed by atoms with Crippen LogP contribution in [0.15, 0.2) is 18.5 Å². The van der Waals surface area contributed by atoms with E-state index in [1.54, 1.807) is 6.07 Å². The maximum absolute atomic E-state index is 11.2. The van der Waals surface area contributed by atoms with E-state index in [2.05, 4.69) is 36.3 Å². The number of carboxylic acids is 1. The Hall–Kier alpha value is -3.10. The third-order valence-corrected chi connectivity index (χ3v) is 4.72. The summed E-state index contributed by atoms with van der Waals surface area (Å²) in [6.45, 7) is 3.82. The number of H-pyrrole nitrogens is 1. The molecule has 26 heavy (non-hydrogen) atoms. The Kier molecular flexibility index (Phi) is 3.98. The number of aryl methyl sites for hydroxylation is 2. The second-order valence-corrected chi connectivity index (χ2v) is 6.67. The molecule has 0 aliphatic carbocycles. The van der Waals surface area contributed by atoms with Crippen molar-refractivity contribution in [3.63, 3.8) is 0 Å². The van der Waals surface area contributed by atoms with E-state index < -0.39 is 5.97 Å². The van der Waals surface area contributed by atoms with E-state index in [1.807, 2.05) is 18.7 Å². The monoisotopic (exact) mass is 355 g/mol. The van der Waals surface area contributed by atoms with Crippen LogP contribution in [0.3, 0.4) is 0 Å². The van der Waals surface area contributed by atoms with Crippen molar-refractivity contribution in [3.05, 3.63) is 29.8 Å². The van der Waals surface area contributed by atoms with Gasteiger partial charge >= 0.3 is 5.97 Å². The van der Waals surface area contributed by atoms with Gasteiger partial charge in [-0.3, -0.25) is 4.68 Å². The minimum Gasteiger partial charge on any atom is -0.477 e. The summed E-state index contributed by atoms with van der Waals surface area (Å²) in [4.78, 5) is 24.8. The Morgan fingerprint density at radius 2 is 2.23 bits per heavy atom. The van der Waals surface area contributed by atoms with Gasteiger partial charge in [-0.05, 0) is 25.8 Å². The van der Waals surface area contributed by atoms with Crippen LogP contribution in [-0.2, 0) is 7.05 Å². The maximum atomic E-state index is 11.2. The topological polar surface area (TPSA) is 112 Å². The van der Waals surface area contributed by atoms with Crippen LogP contribution >= 0.6 is 0 Å². The SMILES string of the molecule is Cc1cc(N2CCCC(Nc3ncnc4[nH]c(C(=O)O)cc34)C2)n(C)n1. The zero-order chi connectivity index (χ0) is 18.3. The lowest BCUT2D eigenvalue weighted by molar-refractivity contribution is 0.0691. The molecule has 0 amide bonds. The van der Waals surface area contributed by atoms with Crippen LogP contribution < -0.4 is 10.2 Å². The van der Waals surface area contributed by atoms with Crippen LogP contribution in [-0.4, -0.2) is 54.9 Å². The lowest BCUT2D eigenvalue weighted by atomic mass is 10.1. The number of piperidine rings is 1. The number of anilines is 2. The maximum Gasteiger partial charge on any atom is 0.352 e. The van der Waals surface area contributed by atoms with Crippen molar-refractivity contribution in [3.8, 4) is 0 Å². The molecule has 1 aliphatic heterocycles. The predicted octanol–water partition coefficient (Wildman–Crippen LogP) is 1.78. The van der Waals surface area contributed by atoms with Crippen molar-refractivity contribution in [2.24, 2.45) is 7.05 Å². The van der Waals surface area contributed by atoms with Crippen LogP contribution in [0.1, 0.15) is 29.0 Å². The fourth-order valence-corrected chi connectivity index (χ4v) is 3.56. The second-order valence-electron chi connectivity index (χ2n) is 6.67. The van der Waals surface area contributed by atoms with Crippen molar-refractivity contribution in [2.45, 2.75) is 25.8 Å². The molecule has 1 saturated heterocycles. The summed E-state index contributed by atoms with van der Waals surface area (Å²) < 4.78 is 1.91. The molecule has 1 fully saturated rings. The number of aromatic amines is 1. The summed E-state index contributed by atoms with van der Waals surface area (Å²) >= 11 is 0. The number of carbonyl (C=O) groups is 1. The summed E-state index contributed by atoms with van der Waals surface area (Å²) in [5.41, 5.74) is 1.64. The normalized spacial score (nSPS) is 17.6. The highest BCUT2D eigenvalue weighted by Gasteiger charge is 2.23. The molecule has 1 atom stereocenters. The number of rotatable bonds is 4. The summed E-state index contributed by atoms with van der Waals surface area (Å²) in [7, 11) is 1.96. The van der Waals surface area contributed by atoms with Gasteiger partial charge in [0.2, 0.25) is 0 Å². The Bertz CT molecular complexity index is 961. The van der Waals surface area contributed by atoms with Gasteiger partial charge in [-0.1, -0.05) is 0 Å². The number of carboxylic acid groups (broad SMARTS) is 1. The van der Waals surface area contributed by atoms with E-state index in [4.69, 9.17) is 0 Å². The van der Waals surface area contributed by atoms with Crippen molar-refractivity contribution in [1.29, 1.82) is 0 Å². The van der Waals surface area contributed by atoms with Crippen LogP contribution in [0.25, 0.3) is 11.0 Å². The number of aromatic nitrogens is 5. The van der Waals surface area contributed by atoms with Gasteiger partial charge < -0.3 is 20.3 Å². The molecular weight excluding hydrogens is 334 g/mol. The quantitative estimate of drug-likeness (QED) is 0.654. The summed E-state index contributed by atoms with van der Waals surface area (Å²) in [5.74, 6) is 0.757. The average Bonchev–Trinajstić information content (AvgIpc) is 3.19. The largest absolute Gasteiger partial charge is 0.477 e. The molecule has 3 aromatic heterocycles. The Labute approximate surface area is 150 Å². The molecule has 9 heteroatoms. The van der Waals surface area contributed by atoms with Crippen LogP contribution in [0, 0.1) is 6.92 Å². The summed E-state index contributed by atoms with van der Waals surface area (Å²) in [5, 5.41) is 17.8. The van der Waals surface area contributed by atoms with E-state index >= 15 is 0 Å². The first kappa shape index (κ1) is 16.4. The molecule has 0 bridgehead atoms. The number of aromatic carboxylic acids is 1. The number of fused-ring (bicyclic) bond motifs is 1. The minimum atomic E-state index is -1.01. The smallest absolute Gasteiger partial charge is 0.352 e. The zero-order valence-electron chi connectivity index (χ0n) is 14.7. The number of hydrogen-bond acceptors (Lipinski definition) is 6. The van der Waals surface area contributed by atoms with E-state index in [9.17, 15) is 9.90 Å². The van der Waals surface area contributed by atoms with E-state index in [-0.39, 0.29) is 11.7 Å². The predicted molar refractivity (Wildman–Crippen MR) is 97.7 cm³/mol. The van der Waals surface area contributed by atoms with Crippen LogP contribution in [0.2, 0.25) is 0 Å². The standard InChI is InChI=1S/C17H21N7O2/c1-10-6-14(23(2)22-10)24-5-3-4-11(8-24)20-15-12-7-13(17(25)26)21-16(12)19-9-18-15/h6-7,9,11H,3-5,8H2,1-2H3,(H,25,26)(H2,18,19,20,21). The molecule has 0 radical (unpaired) electrons. The fourth-order valence-electron chi connectivity index (χ4n) is 3.56. The molecule has 1 aliphatic rings. The van der Waals surface area contributed by atoms with Gasteiger partial charge in [0.15, 0.2) is 0 Å². The third kappa shape index (κ3) is 2.96. The Balaban J connectivity index is 1.56. The first-order chi connectivity index (χ1) is 12.5. The molecule has 4 rings (SSSR count). The molecular formula is C17H21N7O2. The molecule has 9 nitrogen and oxygen atoms in total. The van der Waals surface area contributed by atoms with Gasteiger partial charge in [-0.25, -0.2) is 14.8 Å². The molecule has 4 heterocycles. The van der Waals surface area contributed by atoms with Crippen molar-refractivity contribution < 1.29 is 9.90 Å². The number of hydrogen-bond donors (Lipinski definition) is 3. The van der Waals surface area contributed by atoms with Gasteiger partial charge in [-0.15, -0.1) is 0 Å². The van der Waals surface area contributed by atoms with Gasteiger partial charge in [0.25, 0.3) is 0 Å². The highest BCUT2D eigenvalue weighted by Crippen LogP contribution is 2.25. The zero-order valence-corrected chi connectivity index (χ0v) is 14.7. The fraction of sp³-hybridized carbons (Fsp3) is 0.412. The van der Waals surface area contributed by atoms with Gasteiger partial charge in [0.05, 0.1) is 11.1 Å². The molecule has 3 aromatic rings. The first-order valence-corrected chi connectivity index (χ1v) is 8.60. The highest BCUT2D eigenvalue weighted by molar-refractivity contribution is 5.96. The highest BCUT2D eigenvalue weighted by atomic mass is 16.4. The second kappa shape index (κ2) is 6.32. The van der Waals surface area contributed by atoms with E-state index in [0.29, 0.717) is 16.9 Å². The lowest BCUT2D eigenvalue weighted by Crippen LogP contribution is -2.43. The van der Waals surface area contributed by atoms with Crippen molar-refractivity contribution >= 4 is 28.6 Å². The molecule has 3 N–H and O–H groups in total. The van der Waals surface area contributed by atoms with E-state index in [0.717, 1.165) is 37.4 Å². The minimum absolute atomic E-state index is 0.110. The number of nitrogens with zero attached hydrogens (tertiary/aromatic N) is 5. The summed E-state index contributed by atoms with van der Waals surface area (Å²) in [6.07, 6.45) is 3.52. The van der Waals surface area contributed by atoms with Gasteiger partial charge in [0, 0.05) is 32.2 Å². The Morgan fingerprint density at radius 3 is 2.96 bits per heavy atom. The van der Waals surface area contributed by atoms with Gasteiger partial charge in [-0.2, -0.15) is 5.10 Å². The average molecular weight is 355 g/mol. The molecule has 0 aromatic carbocycles. The van der Waals surface area contributed by atoms with E-state index in [1.165, 1.54) is 6.33 Å². The number of nitrogens with one attached hydrogen (secondary N) is 2. The third-order valence-electron chi connectivity index (χ3n) is 4.72. The molecule has 136 valence electrons. The molecule has 0 saturated carbocycles. The molecule has 0 spiro atoms. The molecule has 1 unspecified atom stereocenters. The van der Waals surface area contributed by atoms with Crippen molar-refractivity contribution in [2.75, 3.05) is 23.3 Å².